The minimum absolute atomic E-state index is 0.106. The molecule has 1 aromatic carbocycles. The monoisotopic (exact) mass is 354 g/mol. The van der Waals surface area contributed by atoms with Crippen molar-refractivity contribution in [1.29, 1.82) is 0 Å². The number of hydrogen-bond donors (Lipinski definition) is 2. The van der Waals surface area contributed by atoms with Gasteiger partial charge in [0.15, 0.2) is 0 Å². The number of carbonyl (C=O) groups excluding carboxylic acids is 1. The Balaban J connectivity index is 1.59. The number of hydrogen-bond acceptors (Lipinski definition) is 3. The fourth-order valence-electron chi connectivity index (χ4n) is 3.41. The molecule has 2 heterocycles. The molecular weight excluding hydrogens is 324 g/mol. The number of aryl methyl sites for hydroxylation is 1. The van der Waals surface area contributed by atoms with Crippen LogP contribution in [-0.4, -0.2) is 35.3 Å². The number of rotatable bonds is 6. The van der Waals surface area contributed by atoms with Gasteiger partial charge >= 0.3 is 0 Å². The largest absolute Gasteiger partial charge is 0.350 e. The smallest absolute Gasteiger partial charge is 0.271 e. The SMILES string of the molecule is CCc1ccc(C(C)(C)CNC(=O)c2ccn(C3CCCNC3)n2)cc1. The zero-order chi connectivity index (χ0) is 18.6. The molecule has 2 aromatic rings. The van der Waals surface area contributed by atoms with Gasteiger partial charge in [-0.05, 0) is 43.0 Å². The number of nitrogens with one attached hydrogen (secondary N) is 2. The van der Waals surface area contributed by atoms with Crippen LogP contribution in [0.15, 0.2) is 36.5 Å². The first-order chi connectivity index (χ1) is 12.5. The minimum atomic E-state index is -0.127. The topological polar surface area (TPSA) is 59.0 Å². The maximum atomic E-state index is 12.5. The molecule has 1 atom stereocenters. The van der Waals surface area contributed by atoms with E-state index in [4.69, 9.17) is 0 Å². The van der Waals surface area contributed by atoms with Gasteiger partial charge in [0.05, 0.1) is 6.04 Å². The van der Waals surface area contributed by atoms with Gasteiger partial charge in [0.2, 0.25) is 0 Å². The summed E-state index contributed by atoms with van der Waals surface area (Å²) in [6.45, 7) is 9.03. The molecule has 2 N–H and O–H groups in total. The van der Waals surface area contributed by atoms with Gasteiger partial charge in [-0.25, -0.2) is 0 Å². The molecule has 0 saturated carbocycles. The Morgan fingerprint density at radius 2 is 2.08 bits per heavy atom. The fraction of sp³-hybridized carbons (Fsp3) is 0.524. The fourth-order valence-corrected chi connectivity index (χ4v) is 3.41. The van der Waals surface area contributed by atoms with E-state index in [1.54, 1.807) is 0 Å². The second kappa shape index (κ2) is 8.04. The van der Waals surface area contributed by atoms with Crippen LogP contribution < -0.4 is 10.6 Å². The van der Waals surface area contributed by atoms with Crippen molar-refractivity contribution in [2.45, 2.75) is 51.5 Å². The number of benzene rings is 1. The van der Waals surface area contributed by atoms with Crippen LogP contribution in [0.3, 0.4) is 0 Å². The van der Waals surface area contributed by atoms with E-state index in [1.165, 1.54) is 11.1 Å². The van der Waals surface area contributed by atoms with Crippen molar-refractivity contribution >= 4 is 5.91 Å². The lowest BCUT2D eigenvalue weighted by Gasteiger charge is -2.26. The first-order valence-corrected chi connectivity index (χ1v) is 9.63. The van der Waals surface area contributed by atoms with Crippen molar-refractivity contribution < 1.29 is 4.79 Å². The Bertz CT molecular complexity index is 727. The van der Waals surface area contributed by atoms with Crippen LogP contribution in [0.25, 0.3) is 0 Å². The summed E-state index contributed by atoms with van der Waals surface area (Å²) in [5, 5.41) is 10.9. The molecule has 1 aliphatic rings. The summed E-state index contributed by atoms with van der Waals surface area (Å²) >= 11 is 0. The van der Waals surface area contributed by atoms with Crippen LogP contribution in [-0.2, 0) is 11.8 Å². The summed E-state index contributed by atoms with van der Waals surface area (Å²) in [5.41, 5.74) is 2.93. The molecule has 1 aliphatic heterocycles. The Labute approximate surface area is 156 Å². The lowest BCUT2D eigenvalue weighted by atomic mass is 9.84. The van der Waals surface area contributed by atoms with Crippen LogP contribution in [0.5, 0.6) is 0 Å². The summed E-state index contributed by atoms with van der Waals surface area (Å²) in [6.07, 6.45) is 5.21. The van der Waals surface area contributed by atoms with Gasteiger partial charge < -0.3 is 10.6 Å². The molecule has 3 rings (SSSR count). The van der Waals surface area contributed by atoms with E-state index in [2.05, 4.69) is 60.8 Å². The van der Waals surface area contributed by atoms with Crippen LogP contribution in [0.2, 0.25) is 0 Å². The molecule has 1 aromatic heterocycles. The Morgan fingerprint density at radius 1 is 1.31 bits per heavy atom. The highest BCUT2D eigenvalue weighted by Crippen LogP contribution is 2.23. The zero-order valence-corrected chi connectivity index (χ0v) is 16.1. The predicted octanol–water partition coefficient (Wildman–Crippen LogP) is 3.08. The lowest BCUT2D eigenvalue weighted by molar-refractivity contribution is 0.0939. The van der Waals surface area contributed by atoms with E-state index < -0.39 is 0 Å². The number of nitrogens with zero attached hydrogens (tertiary/aromatic N) is 2. The number of piperidine rings is 1. The van der Waals surface area contributed by atoms with Crippen LogP contribution >= 0.6 is 0 Å². The van der Waals surface area contributed by atoms with Crippen molar-refractivity contribution in [2.75, 3.05) is 19.6 Å². The van der Waals surface area contributed by atoms with E-state index in [1.807, 2.05) is 16.9 Å². The van der Waals surface area contributed by atoms with Gasteiger partial charge in [0.25, 0.3) is 5.91 Å². The minimum Gasteiger partial charge on any atom is -0.350 e. The van der Waals surface area contributed by atoms with Crippen molar-refractivity contribution in [3.05, 3.63) is 53.3 Å². The number of carbonyl (C=O) groups is 1. The Kier molecular flexibility index (Phi) is 5.77. The quantitative estimate of drug-likeness (QED) is 0.838. The van der Waals surface area contributed by atoms with Crippen molar-refractivity contribution in [1.82, 2.24) is 20.4 Å². The lowest BCUT2D eigenvalue weighted by Crippen LogP contribution is -2.37. The highest BCUT2D eigenvalue weighted by Gasteiger charge is 2.23. The maximum absolute atomic E-state index is 12.5. The average Bonchev–Trinajstić information content (AvgIpc) is 3.17. The predicted molar refractivity (Wildman–Crippen MR) is 105 cm³/mol. The second-order valence-electron chi connectivity index (χ2n) is 7.80. The Hall–Kier alpha value is -2.14. The highest BCUT2D eigenvalue weighted by atomic mass is 16.1. The van der Waals surface area contributed by atoms with E-state index in [9.17, 15) is 4.79 Å². The van der Waals surface area contributed by atoms with Crippen LogP contribution in [0, 0.1) is 0 Å². The van der Waals surface area contributed by atoms with Crippen molar-refractivity contribution in [3.63, 3.8) is 0 Å². The number of aromatic nitrogens is 2. The zero-order valence-electron chi connectivity index (χ0n) is 16.1. The summed E-state index contributed by atoms with van der Waals surface area (Å²) in [4.78, 5) is 12.5. The summed E-state index contributed by atoms with van der Waals surface area (Å²) in [7, 11) is 0. The second-order valence-corrected chi connectivity index (χ2v) is 7.80. The molecule has 1 amide bonds. The molecule has 5 nitrogen and oxygen atoms in total. The molecule has 0 bridgehead atoms. The van der Waals surface area contributed by atoms with E-state index in [0.717, 1.165) is 32.4 Å². The van der Waals surface area contributed by atoms with Crippen LogP contribution in [0.1, 0.15) is 61.3 Å². The summed E-state index contributed by atoms with van der Waals surface area (Å²) in [5.74, 6) is -0.106. The van der Waals surface area contributed by atoms with Crippen LogP contribution in [0.4, 0.5) is 0 Å². The molecule has 5 heteroatoms. The Morgan fingerprint density at radius 3 is 2.73 bits per heavy atom. The molecule has 140 valence electrons. The highest BCUT2D eigenvalue weighted by molar-refractivity contribution is 5.92. The molecule has 1 fully saturated rings. The maximum Gasteiger partial charge on any atom is 0.271 e. The van der Waals surface area contributed by atoms with Gasteiger partial charge in [0.1, 0.15) is 5.69 Å². The van der Waals surface area contributed by atoms with E-state index in [0.29, 0.717) is 18.3 Å². The molecule has 0 aliphatic carbocycles. The van der Waals surface area contributed by atoms with E-state index in [-0.39, 0.29) is 11.3 Å². The van der Waals surface area contributed by atoms with Gasteiger partial charge in [-0.1, -0.05) is 45.0 Å². The standard InChI is InChI=1S/C21H30N4O/c1-4-16-7-9-17(10-8-16)21(2,3)15-23-20(26)19-11-13-25(24-19)18-6-5-12-22-14-18/h7-11,13,18,22H,4-6,12,14-15H2,1-3H3,(H,23,26). The molecular formula is C21H30N4O. The average molecular weight is 354 g/mol. The molecule has 0 radical (unpaired) electrons. The molecule has 26 heavy (non-hydrogen) atoms. The first kappa shape index (κ1) is 18.6. The van der Waals surface area contributed by atoms with Gasteiger partial charge in [-0.2, -0.15) is 5.10 Å². The third-order valence-corrected chi connectivity index (χ3v) is 5.32. The van der Waals surface area contributed by atoms with E-state index >= 15 is 0 Å². The van der Waals surface area contributed by atoms with Gasteiger partial charge in [-0.15, -0.1) is 0 Å². The third-order valence-electron chi connectivity index (χ3n) is 5.32. The number of amides is 1. The normalized spacial score (nSPS) is 17.9. The van der Waals surface area contributed by atoms with Crippen molar-refractivity contribution in [2.24, 2.45) is 0 Å². The summed E-state index contributed by atoms with van der Waals surface area (Å²) < 4.78 is 1.93. The summed E-state index contributed by atoms with van der Waals surface area (Å²) in [6, 6.07) is 10.8. The van der Waals surface area contributed by atoms with Gasteiger partial charge in [0, 0.05) is 24.7 Å². The molecule has 1 saturated heterocycles. The molecule has 1 unspecified atom stereocenters. The van der Waals surface area contributed by atoms with Gasteiger partial charge in [-0.3, -0.25) is 9.48 Å². The molecule has 0 spiro atoms. The van der Waals surface area contributed by atoms with Crippen molar-refractivity contribution in [3.8, 4) is 0 Å². The third kappa shape index (κ3) is 4.33. The first-order valence-electron chi connectivity index (χ1n) is 9.63.